The second-order valence-corrected chi connectivity index (χ2v) is 14.2. The molecule has 1 aliphatic heterocycles. The molecule has 0 unspecified atom stereocenters. The Bertz CT molecular complexity index is 90.0. The lowest BCUT2D eigenvalue weighted by atomic mass is 11.0. The van der Waals surface area contributed by atoms with Crippen LogP contribution in [0.25, 0.3) is 0 Å². The smallest absolute Gasteiger partial charge is 0.152 e. The van der Waals surface area contributed by atoms with Crippen LogP contribution in [0.3, 0.4) is 0 Å². The zero-order chi connectivity index (χ0) is 6.20. The van der Waals surface area contributed by atoms with Crippen molar-refractivity contribution < 1.29 is 0 Å². The maximum atomic E-state index is 6.18. The fourth-order valence-electron chi connectivity index (χ4n) is 1.02. The van der Waals surface area contributed by atoms with Gasteiger partial charge in [0.05, 0.1) is 0 Å². The second-order valence-electron chi connectivity index (χ2n) is 2.51. The summed E-state index contributed by atoms with van der Waals surface area (Å²) in [5.74, 6) is 0. The summed E-state index contributed by atoms with van der Waals surface area (Å²) in [6.45, 7) is 2.19. The number of rotatable bonds is 1. The van der Waals surface area contributed by atoms with Crippen LogP contribution < -0.4 is 0 Å². The minimum atomic E-state index is -1.13. The lowest BCUT2D eigenvalue weighted by molar-refractivity contribution is 1.33. The van der Waals surface area contributed by atoms with Crippen LogP contribution in [-0.2, 0) is 0 Å². The van der Waals surface area contributed by atoms with Gasteiger partial charge < -0.3 is 0 Å². The molecule has 0 saturated carbocycles. The molecule has 1 fully saturated rings. The first kappa shape index (κ1) is 7.12. The first-order chi connectivity index (χ1) is 3.66. The molecule has 0 amide bonds. The van der Waals surface area contributed by atoms with E-state index in [0.717, 1.165) is 0 Å². The molecule has 0 radical (unpaired) electrons. The van der Waals surface area contributed by atoms with Gasteiger partial charge in [0.2, 0.25) is 0 Å². The predicted molar refractivity (Wildman–Crippen MR) is 44.7 cm³/mol. The Morgan fingerprint density at radius 2 is 2.12 bits per heavy atom. The maximum Gasteiger partial charge on any atom is 0.152 e. The van der Waals surface area contributed by atoms with Gasteiger partial charge in [-0.15, -0.1) is 0 Å². The quantitative estimate of drug-likeness (QED) is 0.434. The monoisotopic (exact) mass is 184 g/mol. The van der Waals surface area contributed by atoms with E-state index in [1.807, 2.05) is 0 Å². The van der Waals surface area contributed by atoms with Gasteiger partial charge in [-0.05, 0) is 17.4 Å². The van der Waals surface area contributed by atoms with Gasteiger partial charge in [-0.2, -0.15) is 22.2 Å². The first-order valence-electron chi connectivity index (χ1n) is 2.99. The summed E-state index contributed by atoms with van der Waals surface area (Å²) in [5, 5.41) is 0. The van der Waals surface area contributed by atoms with Gasteiger partial charge in [-0.3, -0.25) is 0 Å². The van der Waals surface area contributed by atoms with E-state index in [-0.39, 0.29) is 0 Å². The van der Waals surface area contributed by atoms with Crippen LogP contribution in [-0.4, -0.2) is 15.5 Å². The van der Waals surface area contributed by atoms with Crippen LogP contribution in [0.1, 0.15) is 6.92 Å². The molecule has 0 bridgehead atoms. The van der Waals surface area contributed by atoms with Crippen molar-refractivity contribution in [3.8, 4) is 0 Å². The van der Waals surface area contributed by atoms with E-state index in [9.17, 15) is 0 Å². The molecule has 4 heteroatoms. The SMILES string of the molecule is CC[Si]1(Cl)C[SiH](Cl)C1. The molecule has 1 saturated heterocycles. The molecule has 1 rings (SSSR count). The number of halogens is 2. The lowest BCUT2D eigenvalue weighted by Gasteiger charge is -2.35. The molecule has 1 heterocycles. The van der Waals surface area contributed by atoms with Gasteiger partial charge in [-0.25, -0.2) is 0 Å². The summed E-state index contributed by atoms with van der Waals surface area (Å²) in [6, 6.07) is 1.23. The molecule has 0 N–H and O–H groups in total. The highest BCUT2D eigenvalue weighted by Gasteiger charge is 2.43. The van der Waals surface area contributed by atoms with Crippen LogP contribution in [0, 0.1) is 0 Å². The highest BCUT2D eigenvalue weighted by molar-refractivity contribution is 7.39. The van der Waals surface area contributed by atoms with Crippen molar-refractivity contribution in [2.24, 2.45) is 0 Å². The normalized spacial score (nSPS) is 46.1. The molecule has 0 spiro atoms. The van der Waals surface area contributed by atoms with Crippen molar-refractivity contribution in [2.75, 3.05) is 0 Å². The van der Waals surface area contributed by atoms with E-state index in [4.69, 9.17) is 22.2 Å². The largest absolute Gasteiger partial charge is 0.172 e. The average molecular weight is 185 g/mol. The fourth-order valence-corrected chi connectivity index (χ4v) is 19.3. The standard InChI is InChI=1S/C4H10Cl2Si2/c1-2-8(6)3-7(5)4-8/h7H,2-4H2,1H3. The van der Waals surface area contributed by atoms with Gasteiger partial charge in [0.25, 0.3) is 0 Å². The Hall–Kier alpha value is 1.01. The molecule has 0 nitrogen and oxygen atoms in total. The summed E-state index contributed by atoms with van der Waals surface area (Å²) < 4.78 is 0. The van der Waals surface area contributed by atoms with Gasteiger partial charge >= 0.3 is 0 Å². The van der Waals surface area contributed by atoms with Gasteiger partial charge in [0.1, 0.15) is 8.11 Å². The molecule has 0 aromatic heterocycles. The van der Waals surface area contributed by atoms with Crippen molar-refractivity contribution >= 4 is 37.6 Å². The van der Waals surface area contributed by atoms with Crippen LogP contribution >= 0.6 is 22.2 Å². The van der Waals surface area contributed by atoms with Crippen LogP contribution in [0.15, 0.2) is 0 Å². The van der Waals surface area contributed by atoms with E-state index in [0.29, 0.717) is 0 Å². The Balaban J connectivity index is 2.30. The molecular formula is C4H10Cl2Si2. The summed E-state index contributed by atoms with van der Waals surface area (Å²) in [7, 11) is -1.84. The summed E-state index contributed by atoms with van der Waals surface area (Å²) >= 11 is 12.1. The third-order valence-corrected chi connectivity index (χ3v) is 18.8. The van der Waals surface area contributed by atoms with E-state index in [1.54, 1.807) is 0 Å². The molecule has 0 atom stereocenters. The molecular weight excluding hydrogens is 175 g/mol. The zero-order valence-corrected chi connectivity index (χ0v) is 8.62. The average Bonchev–Trinajstić information content (AvgIpc) is 1.63. The van der Waals surface area contributed by atoms with Crippen LogP contribution in [0.4, 0.5) is 0 Å². The third kappa shape index (κ3) is 1.29. The van der Waals surface area contributed by atoms with E-state index in [2.05, 4.69) is 6.92 Å². The van der Waals surface area contributed by atoms with E-state index in [1.165, 1.54) is 17.4 Å². The molecule has 0 aromatic carbocycles. The Labute approximate surface area is 62.2 Å². The van der Waals surface area contributed by atoms with E-state index < -0.39 is 15.5 Å². The Kier molecular flexibility index (Phi) is 2.07. The minimum absolute atomic E-state index is 0.710. The fraction of sp³-hybridized carbons (Fsp3) is 1.00. The summed E-state index contributed by atoms with van der Waals surface area (Å²) in [5.41, 5.74) is 2.54. The van der Waals surface area contributed by atoms with Gasteiger partial charge in [0, 0.05) is 0 Å². The maximum absolute atomic E-state index is 6.18. The predicted octanol–water partition coefficient (Wildman–Crippen LogP) is 2.25. The van der Waals surface area contributed by atoms with Crippen molar-refractivity contribution in [1.29, 1.82) is 0 Å². The van der Waals surface area contributed by atoms with Crippen molar-refractivity contribution in [2.45, 2.75) is 24.3 Å². The molecule has 1 aliphatic rings. The Morgan fingerprint density at radius 1 is 1.62 bits per heavy atom. The van der Waals surface area contributed by atoms with Gasteiger partial charge in [0.15, 0.2) is 7.38 Å². The number of hydrogen-bond donors (Lipinski definition) is 0. The highest BCUT2D eigenvalue weighted by Crippen LogP contribution is 2.39. The Morgan fingerprint density at radius 3 is 2.25 bits per heavy atom. The highest BCUT2D eigenvalue weighted by atomic mass is 35.6. The van der Waals surface area contributed by atoms with Crippen molar-refractivity contribution in [3.05, 3.63) is 0 Å². The first-order valence-corrected chi connectivity index (χ1v) is 10.0. The third-order valence-electron chi connectivity index (χ3n) is 1.81. The minimum Gasteiger partial charge on any atom is -0.172 e. The summed E-state index contributed by atoms with van der Waals surface area (Å²) in [4.78, 5) is 0. The second kappa shape index (κ2) is 2.33. The molecule has 0 aromatic rings. The van der Waals surface area contributed by atoms with Crippen LogP contribution in [0.5, 0.6) is 0 Å². The number of hydrogen-bond acceptors (Lipinski definition) is 0. The topological polar surface area (TPSA) is 0 Å². The van der Waals surface area contributed by atoms with Crippen molar-refractivity contribution in [1.82, 2.24) is 0 Å². The van der Waals surface area contributed by atoms with E-state index >= 15 is 0 Å². The molecule has 0 aliphatic carbocycles. The lowest BCUT2D eigenvalue weighted by Crippen LogP contribution is -2.45. The molecule has 48 valence electrons. The van der Waals surface area contributed by atoms with Gasteiger partial charge in [-0.1, -0.05) is 6.92 Å². The zero-order valence-electron chi connectivity index (χ0n) is 4.95. The molecule has 8 heavy (non-hydrogen) atoms. The van der Waals surface area contributed by atoms with Crippen LogP contribution in [0.2, 0.25) is 17.4 Å². The summed E-state index contributed by atoms with van der Waals surface area (Å²) in [6.07, 6.45) is 0. The van der Waals surface area contributed by atoms with Crippen molar-refractivity contribution in [3.63, 3.8) is 0 Å².